The summed E-state index contributed by atoms with van der Waals surface area (Å²) in [6.07, 6.45) is 4.55. The number of hydrogen-bond acceptors (Lipinski definition) is 3. The Kier molecular flexibility index (Phi) is 7.14. The second-order valence-corrected chi connectivity index (χ2v) is 4.65. The van der Waals surface area contributed by atoms with Crippen LogP contribution < -0.4 is 9.47 Å². The van der Waals surface area contributed by atoms with Crippen LogP contribution in [0.5, 0.6) is 11.5 Å². The summed E-state index contributed by atoms with van der Waals surface area (Å²) < 4.78 is 11.2. The molecule has 1 rings (SSSR count). The highest BCUT2D eigenvalue weighted by atomic mass is 35.5. The molecule has 1 aromatic rings. The molecule has 0 atom stereocenters. The van der Waals surface area contributed by atoms with Crippen LogP contribution in [0.1, 0.15) is 45.1 Å². The van der Waals surface area contributed by atoms with Crippen molar-refractivity contribution in [3.8, 4) is 17.6 Å². The molecule has 0 radical (unpaired) electrons. The van der Waals surface area contributed by atoms with Gasteiger partial charge in [-0.05, 0) is 19.4 Å². The maximum atomic E-state index is 8.91. The van der Waals surface area contributed by atoms with Gasteiger partial charge in [-0.15, -0.1) is 0 Å². The summed E-state index contributed by atoms with van der Waals surface area (Å²) in [5.74, 6) is 1.08. The Morgan fingerprint density at radius 1 is 1.16 bits per heavy atom. The molecule has 0 N–H and O–H groups in total. The van der Waals surface area contributed by atoms with Crippen LogP contribution in [0, 0.1) is 11.3 Å². The van der Waals surface area contributed by atoms with Crippen LogP contribution in [0.15, 0.2) is 12.1 Å². The van der Waals surface area contributed by atoms with Crippen molar-refractivity contribution in [2.75, 3.05) is 13.2 Å². The minimum atomic E-state index is 0.429. The van der Waals surface area contributed by atoms with Crippen molar-refractivity contribution in [3.05, 3.63) is 22.7 Å². The molecule has 0 fully saturated rings. The lowest BCUT2D eigenvalue weighted by Gasteiger charge is -2.13. The fraction of sp³-hybridized carbons (Fsp3) is 0.533. The monoisotopic (exact) mass is 281 g/mol. The zero-order valence-corrected chi connectivity index (χ0v) is 12.3. The van der Waals surface area contributed by atoms with Gasteiger partial charge in [-0.1, -0.05) is 37.8 Å². The Balaban J connectivity index is 2.72. The van der Waals surface area contributed by atoms with Crippen LogP contribution in [0.3, 0.4) is 0 Å². The molecule has 0 aliphatic carbocycles. The van der Waals surface area contributed by atoms with Crippen molar-refractivity contribution in [2.45, 2.75) is 39.5 Å². The van der Waals surface area contributed by atoms with Gasteiger partial charge in [0.2, 0.25) is 0 Å². The molecule has 0 amide bonds. The van der Waals surface area contributed by atoms with Gasteiger partial charge in [0, 0.05) is 6.07 Å². The van der Waals surface area contributed by atoms with E-state index in [9.17, 15) is 0 Å². The van der Waals surface area contributed by atoms with Gasteiger partial charge in [0.05, 0.1) is 29.9 Å². The molecule has 19 heavy (non-hydrogen) atoms. The smallest absolute Gasteiger partial charge is 0.179 e. The van der Waals surface area contributed by atoms with Gasteiger partial charge in [0.1, 0.15) is 0 Å². The number of benzene rings is 1. The molecule has 3 nitrogen and oxygen atoms in total. The van der Waals surface area contributed by atoms with E-state index in [0.717, 1.165) is 12.8 Å². The van der Waals surface area contributed by atoms with Crippen LogP contribution >= 0.6 is 11.6 Å². The molecule has 0 saturated heterocycles. The third-order valence-electron chi connectivity index (χ3n) is 2.68. The Labute approximate surface area is 120 Å². The van der Waals surface area contributed by atoms with E-state index in [2.05, 4.69) is 13.0 Å². The molecular formula is C15H20ClNO2. The van der Waals surface area contributed by atoms with Gasteiger partial charge in [-0.3, -0.25) is 0 Å². The minimum absolute atomic E-state index is 0.429. The summed E-state index contributed by atoms with van der Waals surface area (Å²) >= 11 is 6.13. The number of hydrogen-bond donors (Lipinski definition) is 0. The van der Waals surface area contributed by atoms with Crippen molar-refractivity contribution in [1.82, 2.24) is 0 Å². The Morgan fingerprint density at radius 2 is 1.95 bits per heavy atom. The normalized spacial score (nSPS) is 10.0. The highest BCUT2D eigenvalue weighted by Crippen LogP contribution is 2.36. The number of nitriles is 1. The Morgan fingerprint density at radius 3 is 2.58 bits per heavy atom. The predicted octanol–water partition coefficient (Wildman–Crippen LogP) is 4.57. The van der Waals surface area contributed by atoms with E-state index < -0.39 is 0 Å². The lowest BCUT2D eigenvalue weighted by Crippen LogP contribution is -2.02. The van der Waals surface area contributed by atoms with E-state index in [0.29, 0.717) is 35.3 Å². The van der Waals surface area contributed by atoms with Crippen molar-refractivity contribution in [1.29, 1.82) is 5.26 Å². The van der Waals surface area contributed by atoms with Crippen LogP contribution in [0.25, 0.3) is 0 Å². The molecule has 4 heteroatoms. The Bertz CT molecular complexity index is 441. The van der Waals surface area contributed by atoms with Crippen molar-refractivity contribution in [3.63, 3.8) is 0 Å². The number of halogens is 1. The van der Waals surface area contributed by atoms with Gasteiger partial charge < -0.3 is 9.47 Å². The molecule has 0 unspecified atom stereocenters. The third kappa shape index (κ3) is 5.00. The summed E-state index contributed by atoms with van der Waals surface area (Å²) in [5, 5.41) is 9.34. The summed E-state index contributed by atoms with van der Waals surface area (Å²) in [6.45, 7) is 5.19. The first-order valence-corrected chi connectivity index (χ1v) is 7.10. The van der Waals surface area contributed by atoms with Gasteiger partial charge in [0.25, 0.3) is 0 Å². The summed E-state index contributed by atoms with van der Waals surface area (Å²) in [7, 11) is 0. The van der Waals surface area contributed by atoms with Crippen molar-refractivity contribution in [2.24, 2.45) is 0 Å². The number of nitrogens with zero attached hydrogens (tertiary/aromatic N) is 1. The average molecular weight is 282 g/mol. The SMILES string of the molecule is CCCCCCOc1c(Cl)cc(C#N)cc1OCC. The van der Waals surface area contributed by atoms with Gasteiger partial charge in [0.15, 0.2) is 11.5 Å². The fourth-order valence-corrected chi connectivity index (χ4v) is 2.00. The quantitative estimate of drug-likeness (QED) is 0.656. The average Bonchev–Trinajstić information content (AvgIpc) is 2.41. The second kappa shape index (κ2) is 8.66. The van der Waals surface area contributed by atoms with Gasteiger partial charge in [-0.25, -0.2) is 0 Å². The van der Waals surface area contributed by atoms with Gasteiger partial charge >= 0.3 is 0 Å². The standard InChI is InChI=1S/C15H20ClNO2/c1-3-5-6-7-8-19-15-13(16)9-12(11-17)10-14(15)18-4-2/h9-10H,3-8H2,1-2H3. The molecule has 0 spiro atoms. The van der Waals surface area contributed by atoms with Crippen LogP contribution in [-0.2, 0) is 0 Å². The first-order chi connectivity index (χ1) is 9.22. The van der Waals surface area contributed by atoms with E-state index in [-0.39, 0.29) is 0 Å². The largest absolute Gasteiger partial charge is 0.490 e. The first-order valence-electron chi connectivity index (χ1n) is 6.72. The van der Waals surface area contributed by atoms with Crippen molar-refractivity contribution < 1.29 is 9.47 Å². The summed E-state index contributed by atoms with van der Waals surface area (Å²) in [4.78, 5) is 0. The highest BCUT2D eigenvalue weighted by Gasteiger charge is 2.12. The maximum Gasteiger partial charge on any atom is 0.179 e. The van der Waals surface area contributed by atoms with Crippen LogP contribution in [0.2, 0.25) is 5.02 Å². The van der Waals surface area contributed by atoms with E-state index >= 15 is 0 Å². The summed E-state index contributed by atoms with van der Waals surface area (Å²) in [6, 6.07) is 5.32. The highest BCUT2D eigenvalue weighted by molar-refractivity contribution is 6.32. The lowest BCUT2D eigenvalue weighted by atomic mass is 10.2. The molecule has 1 aromatic carbocycles. The molecule has 0 saturated carbocycles. The fourth-order valence-electron chi connectivity index (χ4n) is 1.74. The second-order valence-electron chi connectivity index (χ2n) is 4.24. The number of unbranched alkanes of at least 4 members (excludes halogenated alkanes) is 3. The lowest BCUT2D eigenvalue weighted by molar-refractivity contribution is 0.270. The Hall–Kier alpha value is -1.40. The van der Waals surface area contributed by atoms with E-state index in [1.54, 1.807) is 12.1 Å². The van der Waals surface area contributed by atoms with E-state index in [1.165, 1.54) is 12.8 Å². The van der Waals surface area contributed by atoms with E-state index in [4.69, 9.17) is 26.3 Å². The third-order valence-corrected chi connectivity index (χ3v) is 2.96. The molecule has 0 heterocycles. The molecule has 0 aromatic heterocycles. The van der Waals surface area contributed by atoms with Gasteiger partial charge in [-0.2, -0.15) is 5.26 Å². The molecule has 0 aliphatic rings. The topological polar surface area (TPSA) is 42.2 Å². The number of rotatable bonds is 8. The zero-order valence-electron chi connectivity index (χ0n) is 11.5. The predicted molar refractivity (Wildman–Crippen MR) is 77.0 cm³/mol. The zero-order chi connectivity index (χ0) is 14.1. The first kappa shape index (κ1) is 15.7. The molecular weight excluding hydrogens is 262 g/mol. The molecule has 0 bridgehead atoms. The molecule has 0 aliphatic heterocycles. The minimum Gasteiger partial charge on any atom is -0.490 e. The summed E-state index contributed by atoms with van der Waals surface area (Å²) in [5.41, 5.74) is 0.479. The maximum absolute atomic E-state index is 8.91. The molecule has 104 valence electrons. The van der Waals surface area contributed by atoms with Crippen LogP contribution in [-0.4, -0.2) is 13.2 Å². The number of ether oxygens (including phenoxy) is 2. The van der Waals surface area contributed by atoms with Crippen molar-refractivity contribution >= 4 is 11.6 Å². The van der Waals surface area contributed by atoms with Crippen LogP contribution in [0.4, 0.5) is 0 Å². The van der Waals surface area contributed by atoms with E-state index in [1.807, 2.05) is 6.92 Å².